The number of hydrogen-bond acceptors (Lipinski definition) is 3. The fraction of sp³-hybridized carbons (Fsp3) is 0.0833. The van der Waals surface area contributed by atoms with Gasteiger partial charge in [0.2, 0.25) is 5.43 Å². The van der Waals surface area contributed by atoms with Gasteiger partial charge in [-0.25, -0.2) is 4.68 Å². The summed E-state index contributed by atoms with van der Waals surface area (Å²) in [6.45, 7) is 1.33. The zero-order valence-electron chi connectivity index (χ0n) is 8.75. The van der Waals surface area contributed by atoms with Crippen molar-refractivity contribution in [3.8, 4) is 5.69 Å². The maximum atomic E-state index is 11.3. The molecule has 80 valence electrons. The summed E-state index contributed by atoms with van der Waals surface area (Å²) in [5.41, 5.74) is 0.427. The Kier molecular flexibility index (Phi) is 2.64. The highest BCUT2D eigenvalue weighted by Gasteiger charge is 2.07. The van der Waals surface area contributed by atoms with E-state index in [2.05, 4.69) is 5.10 Å². The van der Waals surface area contributed by atoms with Gasteiger partial charge in [-0.05, 0) is 12.1 Å². The summed E-state index contributed by atoms with van der Waals surface area (Å²) in [6, 6.07) is 10.7. The van der Waals surface area contributed by atoms with E-state index in [1.165, 1.54) is 17.7 Å². The third kappa shape index (κ3) is 1.91. The van der Waals surface area contributed by atoms with Crippen LogP contribution in [-0.4, -0.2) is 15.6 Å². The normalized spacial score (nSPS) is 10.1. The summed E-state index contributed by atoms with van der Waals surface area (Å²) in [4.78, 5) is 22.5. The molecule has 0 aliphatic heterocycles. The number of hydrogen-bond donors (Lipinski definition) is 0. The number of carbonyl (C=O) groups is 1. The summed E-state index contributed by atoms with van der Waals surface area (Å²) in [5.74, 6) is -0.324. The van der Waals surface area contributed by atoms with E-state index in [-0.39, 0.29) is 16.9 Å². The number of Topliss-reactive ketones (excluding diaryl/α,β-unsaturated/α-hetero) is 1. The van der Waals surface area contributed by atoms with Crippen LogP contribution >= 0.6 is 0 Å². The fourth-order valence-corrected chi connectivity index (χ4v) is 1.38. The second-order valence-corrected chi connectivity index (χ2v) is 3.36. The Morgan fingerprint density at radius 1 is 1.19 bits per heavy atom. The van der Waals surface area contributed by atoms with E-state index in [0.717, 1.165) is 5.69 Å². The number of benzene rings is 1. The maximum Gasteiger partial charge on any atom is 0.211 e. The monoisotopic (exact) mass is 214 g/mol. The Hall–Kier alpha value is -2.23. The Labute approximate surface area is 92.2 Å². The molecule has 2 rings (SSSR count). The molecule has 4 heteroatoms. The number of rotatable bonds is 2. The van der Waals surface area contributed by atoms with Crippen LogP contribution in [0.15, 0.2) is 47.4 Å². The molecule has 0 saturated carbocycles. The minimum absolute atomic E-state index is 0.0358. The van der Waals surface area contributed by atoms with E-state index < -0.39 is 0 Å². The largest absolute Gasteiger partial charge is 0.293 e. The van der Waals surface area contributed by atoms with Gasteiger partial charge in [-0.3, -0.25) is 9.59 Å². The van der Waals surface area contributed by atoms with E-state index in [1.807, 2.05) is 30.3 Å². The van der Waals surface area contributed by atoms with Crippen molar-refractivity contribution in [1.29, 1.82) is 0 Å². The van der Waals surface area contributed by atoms with Gasteiger partial charge in [0.05, 0.1) is 5.69 Å². The molecule has 0 bridgehead atoms. The molecule has 0 atom stereocenters. The van der Waals surface area contributed by atoms with Crippen molar-refractivity contribution in [2.45, 2.75) is 6.92 Å². The van der Waals surface area contributed by atoms with Gasteiger partial charge in [-0.15, -0.1) is 0 Å². The molecule has 0 spiro atoms. The average Bonchev–Trinajstić information content (AvgIpc) is 2.30. The lowest BCUT2D eigenvalue weighted by atomic mass is 10.3. The minimum atomic E-state index is -0.348. The number of ketones is 1. The molecule has 0 aliphatic carbocycles. The molecular weight excluding hydrogens is 204 g/mol. The maximum absolute atomic E-state index is 11.3. The van der Waals surface area contributed by atoms with Crippen molar-refractivity contribution in [3.05, 3.63) is 58.5 Å². The molecule has 1 heterocycles. The first-order valence-corrected chi connectivity index (χ1v) is 4.85. The Bertz CT molecular complexity index is 573. The molecule has 4 nitrogen and oxygen atoms in total. The van der Waals surface area contributed by atoms with Crippen LogP contribution in [-0.2, 0) is 0 Å². The predicted octanol–water partition coefficient (Wildman–Crippen LogP) is 1.44. The first-order chi connectivity index (χ1) is 7.68. The number of carbonyl (C=O) groups excluding carboxylic acids is 1. The summed E-state index contributed by atoms with van der Waals surface area (Å²) >= 11 is 0. The summed E-state index contributed by atoms with van der Waals surface area (Å²) in [5, 5.41) is 4.00. The second kappa shape index (κ2) is 4.10. The third-order valence-corrected chi connectivity index (χ3v) is 2.16. The zero-order valence-corrected chi connectivity index (χ0v) is 8.75. The molecule has 0 amide bonds. The second-order valence-electron chi connectivity index (χ2n) is 3.36. The molecule has 2 aromatic rings. The first kappa shape index (κ1) is 10.3. The molecule has 0 fully saturated rings. The number of para-hydroxylation sites is 1. The van der Waals surface area contributed by atoms with Crippen molar-refractivity contribution in [1.82, 2.24) is 9.78 Å². The molecule has 0 radical (unpaired) electrons. The van der Waals surface area contributed by atoms with Crippen LogP contribution in [0.1, 0.15) is 17.4 Å². The van der Waals surface area contributed by atoms with Gasteiger partial charge in [-0.2, -0.15) is 5.10 Å². The van der Waals surface area contributed by atoms with E-state index in [4.69, 9.17) is 0 Å². The van der Waals surface area contributed by atoms with Crippen molar-refractivity contribution in [3.63, 3.8) is 0 Å². The van der Waals surface area contributed by atoms with Crippen LogP contribution in [0.2, 0.25) is 0 Å². The van der Waals surface area contributed by atoms with E-state index in [9.17, 15) is 9.59 Å². The van der Waals surface area contributed by atoms with E-state index in [1.54, 1.807) is 6.20 Å². The summed E-state index contributed by atoms with van der Waals surface area (Å²) < 4.78 is 1.51. The molecule has 1 aromatic carbocycles. The van der Waals surface area contributed by atoms with Gasteiger partial charge in [-0.1, -0.05) is 18.2 Å². The summed E-state index contributed by atoms with van der Waals surface area (Å²) in [7, 11) is 0. The van der Waals surface area contributed by atoms with Gasteiger partial charge >= 0.3 is 0 Å². The quantitative estimate of drug-likeness (QED) is 0.711. The molecule has 0 N–H and O–H groups in total. The fourth-order valence-electron chi connectivity index (χ4n) is 1.38. The van der Waals surface area contributed by atoms with Crippen LogP contribution in [0.3, 0.4) is 0 Å². The lowest BCUT2D eigenvalue weighted by Crippen LogP contribution is -2.18. The van der Waals surface area contributed by atoms with Gasteiger partial charge < -0.3 is 0 Å². The number of aromatic nitrogens is 2. The zero-order chi connectivity index (χ0) is 11.5. The van der Waals surface area contributed by atoms with Crippen molar-refractivity contribution in [2.75, 3.05) is 0 Å². The smallest absolute Gasteiger partial charge is 0.211 e. The molecule has 1 aromatic heterocycles. The van der Waals surface area contributed by atoms with Crippen LogP contribution in [0.25, 0.3) is 5.69 Å². The van der Waals surface area contributed by atoms with Gasteiger partial charge in [0, 0.05) is 19.2 Å². The van der Waals surface area contributed by atoms with Crippen molar-refractivity contribution in [2.24, 2.45) is 0 Å². The highest BCUT2D eigenvalue weighted by Crippen LogP contribution is 2.03. The topological polar surface area (TPSA) is 52.0 Å². The first-order valence-electron chi connectivity index (χ1n) is 4.85. The SMILES string of the molecule is CC(=O)c1nn(-c2ccccc2)ccc1=O. The highest BCUT2D eigenvalue weighted by atomic mass is 16.1. The van der Waals surface area contributed by atoms with Crippen molar-refractivity contribution >= 4 is 5.78 Å². The lowest BCUT2D eigenvalue weighted by Gasteiger charge is -2.05. The average molecular weight is 214 g/mol. The molecular formula is C12H10N2O2. The minimum Gasteiger partial charge on any atom is -0.293 e. The standard InChI is InChI=1S/C12H10N2O2/c1-9(15)12-11(16)7-8-14(13-12)10-5-3-2-4-6-10/h2-8H,1H3. The Morgan fingerprint density at radius 2 is 1.88 bits per heavy atom. The van der Waals surface area contributed by atoms with E-state index in [0.29, 0.717) is 0 Å². The third-order valence-electron chi connectivity index (χ3n) is 2.16. The van der Waals surface area contributed by atoms with Crippen LogP contribution in [0.4, 0.5) is 0 Å². The van der Waals surface area contributed by atoms with Gasteiger partial charge in [0.1, 0.15) is 0 Å². The van der Waals surface area contributed by atoms with E-state index >= 15 is 0 Å². The molecule has 16 heavy (non-hydrogen) atoms. The molecule has 0 unspecified atom stereocenters. The van der Waals surface area contributed by atoms with Gasteiger partial charge in [0.15, 0.2) is 11.5 Å². The van der Waals surface area contributed by atoms with Crippen LogP contribution in [0.5, 0.6) is 0 Å². The lowest BCUT2D eigenvalue weighted by molar-refractivity contribution is 0.101. The summed E-state index contributed by atoms with van der Waals surface area (Å²) in [6.07, 6.45) is 1.55. The van der Waals surface area contributed by atoms with Gasteiger partial charge in [0.25, 0.3) is 0 Å². The van der Waals surface area contributed by atoms with Crippen LogP contribution in [0, 0.1) is 0 Å². The molecule has 0 aliphatic rings. The Balaban J connectivity index is 2.57. The molecule has 0 saturated heterocycles. The Morgan fingerprint density at radius 3 is 2.50 bits per heavy atom. The highest BCUT2D eigenvalue weighted by molar-refractivity contribution is 5.91. The predicted molar refractivity (Wildman–Crippen MR) is 59.8 cm³/mol. The number of nitrogens with zero attached hydrogens (tertiary/aromatic N) is 2. The van der Waals surface area contributed by atoms with Crippen LogP contribution < -0.4 is 5.43 Å². The van der Waals surface area contributed by atoms with Crippen molar-refractivity contribution < 1.29 is 4.79 Å².